The Morgan fingerprint density at radius 3 is 2.21 bits per heavy atom. The van der Waals surface area contributed by atoms with Crippen LogP contribution < -0.4 is 5.73 Å². The highest BCUT2D eigenvalue weighted by Gasteiger charge is 2.06. The zero-order chi connectivity index (χ0) is 13.1. The van der Waals surface area contributed by atoms with Crippen molar-refractivity contribution < 1.29 is 0 Å². The SMILES string of the molecule is Nc1nc2ccccc2nc1SCc1ccccc1. The number of rotatable bonds is 3. The van der Waals surface area contributed by atoms with Crippen molar-refractivity contribution in [2.75, 3.05) is 5.73 Å². The summed E-state index contributed by atoms with van der Waals surface area (Å²) in [6, 6.07) is 18.0. The van der Waals surface area contributed by atoms with E-state index in [4.69, 9.17) is 5.73 Å². The molecular weight excluding hydrogens is 254 g/mol. The smallest absolute Gasteiger partial charge is 0.156 e. The van der Waals surface area contributed by atoms with Crippen LogP contribution in [0.1, 0.15) is 5.56 Å². The fraction of sp³-hybridized carbons (Fsp3) is 0.0667. The third-order valence-corrected chi connectivity index (χ3v) is 3.83. The number of aromatic nitrogens is 2. The molecule has 94 valence electrons. The number of nitrogens with zero attached hydrogens (tertiary/aromatic N) is 2. The van der Waals surface area contributed by atoms with Gasteiger partial charge in [-0.25, -0.2) is 9.97 Å². The molecule has 0 aliphatic carbocycles. The van der Waals surface area contributed by atoms with E-state index in [-0.39, 0.29) is 0 Å². The second kappa shape index (κ2) is 5.28. The van der Waals surface area contributed by atoms with Gasteiger partial charge in [-0.05, 0) is 17.7 Å². The normalized spacial score (nSPS) is 10.7. The Labute approximate surface area is 115 Å². The molecule has 0 aliphatic rings. The molecule has 0 bridgehead atoms. The molecule has 0 saturated carbocycles. The van der Waals surface area contributed by atoms with Crippen molar-refractivity contribution in [1.29, 1.82) is 0 Å². The lowest BCUT2D eigenvalue weighted by Gasteiger charge is -2.05. The molecule has 3 rings (SSSR count). The number of hydrogen-bond donors (Lipinski definition) is 1. The van der Waals surface area contributed by atoms with Gasteiger partial charge < -0.3 is 5.73 Å². The lowest BCUT2D eigenvalue weighted by molar-refractivity contribution is 1.13. The van der Waals surface area contributed by atoms with Crippen LogP contribution in [0, 0.1) is 0 Å². The van der Waals surface area contributed by atoms with Gasteiger partial charge in [-0.15, -0.1) is 0 Å². The zero-order valence-electron chi connectivity index (χ0n) is 10.3. The van der Waals surface area contributed by atoms with Gasteiger partial charge in [0.05, 0.1) is 11.0 Å². The van der Waals surface area contributed by atoms with Crippen molar-refractivity contribution >= 4 is 28.6 Å². The van der Waals surface area contributed by atoms with Crippen molar-refractivity contribution in [3.63, 3.8) is 0 Å². The van der Waals surface area contributed by atoms with E-state index in [2.05, 4.69) is 22.1 Å². The second-order valence-corrected chi connectivity index (χ2v) is 5.14. The summed E-state index contributed by atoms with van der Waals surface area (Å²) in [6.07, 6.45) is 0. The first-order chi connectivity index (χ1) is 9.33. The van der Waals surface area contributed by atoms with Crippen molar-refractivity contribution in [2.24, 2.45) is 0 Å². The Morgan fingerprint density at radius 1 is 0.842 bits per heavy atom. The molecule has 0 saturated heterocycles. The van der Waals surface area contributed by atoms with Gasteiger partial charge in [0.15, 0.2) is 5.82 Å². The number of nitrogens with two attached hydrogens (primary N) is 1. The number of para-hydroxylation sites is 2. The first-order valence-corrected chi connectivity index (χ1v) is 7.00. The zero-order valence-corrected chi connectivity index (χ0v) is 11.1. The highest BCUT2D eigenvalue weighted by atomic mass is 32.2. The van der Waals surface area contributed by atoms with Crippen molar-refractivity contribution in [3.8, 4) is 0 Å². The summed E-state index contributed by atoms with van der Waals surface area (Å²) in [5.74, 6) is 1.34. The Morgan fingerprint density at radius 2 is 1.47 bits per heavy atom. The van der Waals surface area contributed by atoms with E-state index in [1.54, 1.807) is 11.8 Å². The van der Waals surface area contributed by atoms with Crippen LogP contribution in [-0.4, -0.2) is 9.97 Å². The minimum Gasteiger partial charge on any atom is -0.381 e. The Balaban J connectivity index is 1.86. The summed E-state index contributed by atoms with van der Waals surface area (Å²) in [7, 11) is 0. The van der Waals surface area contributed by atoms with Crippen molar-refractivity contribution in [2.45, 2.75) is 10.8 Å². The van der Waals surface area contributed by atoms with E-state index in [1.807, 2.05) is 42.5 Å². The number of nitrogen functional groups attached to an aromatic ring is 1. The summed E-state index contributed by atoms with van der Waals surface area (Å²) >= 11 is 1.62. The molecular formula is C15H13N3S. The molecule has 3 nitrogen and oxygen atoms in total. The monoisotopic (exact) mass is 267 g/mol. The van der Waals surface area contributed by atoms with Gasteiger partial charge in [-0.1, -0.05) is 54.2 Å². The average Bonchev–Trinajstić information content (AvgIpc) is 2.46. The predicted octanol–water partition coefficient (Wildman–Crippen LogP) is 3.50. The quantitative estimate of drug-likeness (QED) is 0.738. The van der Waals surface area contributed by atoms with E-state index in [1.165, 1.54) is 5.56 Å². The van der Waals surface area contributed by atoms with Crippen LogP contribution >= 0.6 is 11.8 Å². The Bertz CT molecular complexity index is 698. The molecule has 1 heterocycles. The van der Waals surface area contributed by atoms with Gasteiger partial charge in [0.1, 0.15) is 5.03 Å². The van der Waals surface area contributed by atoms with Crippen LogP contribution in [0.2, 0.25) is 0 Å². The van der Waals surface area contributed by atoms with Gasteiger partial charge in [0.2, 0.25) is 0 Å². The maximum absolute atomic E-state index is 5.96. The average molecular weight is 267 g/mol. The Hall–Kier alpha value is -2.07. The van der Waals surface area contributed by atoms with E-state index in [0.29, 0.717) is 5.82 Å². The molecule has 0 aliphatic heterocycles. The van der Waals surface area contributed by atoms with Gasteiger partial charge in [-0.2, -0.15) is 0 Å². The minimum absolute atomic E-state index is 0.500. The molecule has 0 atom stereocenters. The molecule has 2 N–H and O–H groups in total. The fourth-order valence-corrected chi connectivity index (χ4v) is 2.68. The molecule has 0 fully saturated rings. The molecule has 3 aromatic rings. The summed E-state index contributed by atoms with van der Waals surface area (Å²) < 4.78 is 0. The van der Waals surface area contributed by atoms with Crippen molar-refractivity contribution in [3.05, 3.63) is 60.2 Å². The van der Waals surface area contributed by atoms with E-state index < -0.39 is 0 Å². The number of hydrogen-bond acceptors (Lipinski definition) is 4. The fourth-order valence-electron chi connectivity index (χ4n) is 1.83. The summed E-state index contributed by atoms with van der Waals surface area (Å²) in [6.45, 7) is 0. The number of anilines is 1. The molecule has 0 spiro atoms. The lowest BCUT2D eigenvalue weighted by atomic mass is 10.2. The molecule has 19 heavy (non-hydrogen) atoms. The third kappa shape index (κ3) is 2.69. The maximum atomic E-state index is 5.96. The van der Waals surface area contributed by atoms with Crippen molar-refractivity contribution in [1.82, 2.24) is 9.97 Å². The van der Waals surface area contributed by atoms with Crippen LogP contribution in [-0.2, 0) is 5.75 Å². The molecule has 0 amide bonds. The first-order valence-electron chi connectivity index (χ1n) is 6.02. The van der Waals surface area contributed by atoms with Gasteiger partial charge in [0, 0.05) is 5.75 Å². The van der Waals surface area contributed by atoms with Crippen LogP contribution in [0.5, 0.6) is 0 Å². The molecule has 0 unspecified atom stereocenters. The molecule has 4 heteroatoms. The summed E-state index contributed by atoms with van der Waals surface area (Å²) in [5, 5.41) is 0.794. The maximum Gasteiger partial charge on any atom is 0.156 e. The van der Waals surface area contributed by atoms with E-state index in [9.17, 15) is 0 Å². The summed E-state index contributed by atoms with van der Waals surface area (Å²) in [5.41, 5.74) is 8.93. The molecule has 1 aromatic heterocycles. The second-order valence-electron chi connectivity index (χ2n) is 4.18. The minimum atomic E-state index is 0.500. The van der Waals surface area contributed by atoms with Crippen LogP contribution in [0.25, 0.3) is 11.0 Å². The largest absolute Gasteiger partial charge is 0.381 e. The van der Waals surface area contributed by atoms with E-state index in [0.717, 1.165) is 21.8 Å². The van der Waals surface area contributed by atoms with Crippen LogP contribution in [0.4, 0.5) is 5.82 Å². The van der Waals surface area contributed by atoms with E-state index >= 15 is 0 Å². The van der Waals surface area contributed by atoms with Crippen LogP contribution in [0.3, 0.4) is 0 Å². The van der Waals surface area contributed by atoms with Gasteiger partial charge in [0.25, 0.3) is 0 Å². The van der Waals surface area contributed by atoms with Crippen LogP contribution in [0.15, 0.2) is 59.6 Å². The molecule has 2 aromatic carbocycles. The highest BCUT2D eigenvalue weighted by molar-refractivity contribution is 7.98. The predicted molar refractivity (Wildman–Crippen MR) is 80.0 cm³/mol. The topological polar surface area (TPSA) is 51.8 Å². The lowest BCUT2D eigenvalue weighted by Crippen LogP contribution is -1.97. The van der Waals surface area contributed by atoms with Gasteiger partial charge in [-0.3, -0.25) is 0 Å². The third-order valence-electron chi connectivity index (χ3n) is 2.78. The molecule has 0 radical (unpaired) electrons. The first kappa shape index (κ1) is 12.0. The standard InChI is InChI=1S/C15H13N3S/c16-14-15(19-10-11-6-2-1-3-7-11)18-13-9-5-4-8-12(13)17-14/h1-9H,10H2,(H2,16,17). The number of thioether (sulfide) groups is 1. The number of fused-ring (bicyclic) bond motifs is 1. The number of benzene rings is 2. The highest BCUT2D eigenvalue weighted by Crippen LogP contribution is 2.26. The summed E-state index contributed by atoms with van der Waals surface area (Å²) in [4.78, 5) is 8.95. The Kier molecular flexibility index (Phi) is 3.33. The van der Waals surface area contributed by atoms with Gasteiger partial charge >= 0.3 is 0 Å².